The summed E-state index contributed by atoms with van der Waals surface area (Å²) < 4.78 is 37.3. The highest BCUT2D eigenvalue weighted by Crippen LogP contribution is 2.24. The van der Waals surface area contributed by atoms with Gasteiger partial charge in [-0.25, -0.2) is 22.9 Å². The molecule has 1 aromatic carbocycles. The highest BCUT2D eigenvalue weighted by molar-refractivity contribution is 7.89. The number of carbonyl (C=O) groups excluding carboxylic acids is 1. The van der Waals surface area contributed by atoms with Gasteiger partial charge in [0.25, 0.3) is 0 Å². The molecule has 1 heterocycles. The first-order valence-corrected chi connectivity index (χ1v) is 9.15. The Morgan fingerprint density at radius 2 is 1.88 bits per heavy atom. The number of hydrogen-bond donors (Lipinski definition) is 2. The third-order valence-electron chi connectivity index (χ3n) is 3.51. The molecule has 0 atom stereocenters. The molecule has 0 saturated carbocycles. The number of aromatic nitrogens is 1. The lowest BCUT2D eigenvalue weighted by atomic mass is 10.1. The standard InChI is InChI=1S/C16H21N3O5S.ClH/c1-23-11-10-17-8-9-19-25(21,22)14-5-3-4-13-12(14)6-7-18-15(13)16(20)24-2;/h3-7,17,19H,8-11H2,1-2H3;1H. The van der Waals surface area contributed by atoms with Gasteiger partial charge >= 0.3 is 5.97 Å². The monoisotopic (exact) mass is 403 g/mol. The molecule has 26 heavy (non-hydrogen) atoms. The van der Waals surface area contributed by atoms with Crippen molar-refractivity contribution in [3.8, 4) is 0 Å². The minimum Gasteiger partial charge on any atom is -0.464 e. The fourth-order valence-corrected chi connectivity index (χ4v) is 3.57. The van der Waals surface area contributed by atoms with E-state index in [1.165, 1.54) is 19.4 Å². The van der Waals surface area contributed by atoms with Crippen molar-refractivity contribution in [3.63, 3.8) is 0 Å². The van der Waals surface area contributed by atoms with Gasteiger partial charge in [0.05, 0.1) is 18.6 Å². The number of nitrogens with one attached hydrogen (secondary N) is 2. The van der Waals surface area contributed by atoms with Gasteiger partial charge in [-0.05, 0) is 12.1 Å². The lowest BCUT2D eigenvalue weighted by molar-refractivity contribution is 0.0596. The molecule has 8 nitrogen and oxygen atoms in total. The SMILES string of the molecule is COCCNCCNS(=O)(=O)c1cccc2c(C(=O)OC)nccc12.Cl. The predicted octanol–water partition coefficient (Wildman–Crippen LogP) is 0.958. The molecule has 2 rings (SSSR count). The number of nitrogens with zero attached hydrogens (tertiary/aromatic N) is 1. The van der Waals surface area contributed by atoms with Gasteiger partial charge in [0.1, 0.15) is 0 Å². The lowest BCUT2D eigenvalue weighted by Crippen LogP contribution is -2.33. The summed E-state index contributed by atoms with van der Waals surface area (Å²) in [6.07, 6.45) is 1.39. The molecule has 0 aliphatic rings. The minimum atomic E-state index is -3.73. The maximum atomic E-state index is 12.6. The summed E-state index contributed by atoms with van der Waals surface area (Å²) in [6, 6.07) is 6.26. The zero-order valence-corrected chi connectivity index (χ0v) is 16.2. The van der Waals surface area contributed by atoms with Gasteiger partial charge in [0, 0.05) is 43.7 Å². The fourth-order valence-electron chi connectivity index (χ4n) is 2.32. The number of halogens is 1. The van der Waals surface area contributed by atoms with E-state index < -0.39 is 16.0 Å². The Labute approximate surface area is 158 Å². The van der Waals surface area contributed by atoms with Crippen molar-refractivity contribution >= 4 is 39.2 Å². The number of methoxy groups -OCH3 is 2. The third kappa shape index (κ3) is 5.36. The molecule has 0 bridgehead atoms. The summed E-state index contributed by atoms with van der Waals surface area (Å²) >= 11 is 0. The van der Waals surface area contributed by atoms with Crippen molar-refractivity contribution in [1.82, 2.24) is 15.0 Å². The summed E-state index contributed by atoms with van der Waals surface area (Å²) in [5, 5.41) is 3.90. The largest absolute Gasteiger partial charge is 0.464 e. The van der Waals surface area contributed by atoms with Gasteiger partial charge in [-0.3, -0.25) is 0 Å². The molecule has 10 heteroatoms. The number of sulfonamides is 1. The topological polar surface area (TPSA) is 107 Å². The van der Waals surface area contributed by atoms with E-state index in [4.69, 9.17) is 9.47 Å². The van der Waals surface area contributed by atoms with Gasteiger partial charge in [-0.15, -0.1) is 12.4 Å². The first-order valence-electron chi connectivity index (χ1n) is 7.66. The van der Waals surface area contributed by atoms with E-state index in [0.717, 1.165) is 0 Å². The van der Waals surface area contributed by atoms with Crippen LogP contribution >= 0.6 is 12.4 Å². The van der Waals surface area contributed by atoms with Gasteiger partial charge in [0.15, 0.2) is 5.69 Å². The maximum Gasteiger partial charge on any atom is 0.357 e. The van der Waals surface area contributed by atoms with E-state index in [2.05, 4.69) is 15.0 Å². The highest BCUT2D eigenvalue weighted by Gasteiger charge is 2.20. The molecule has 0 radical (unpaired) electrons. The Morgan fingerprint density at radius 1 is 1.12 bits per heavy atom. The zero-order valence-electron chi connectivity index (χ0n) is 14.5. The number of pyridine rings is 1. The van der Waals surface area contributed by atoms with Crippen LogP contribution in [0.25, 0.3) is 10.8 Å². The van der Waals surface area contributed by atoms with Crippen LogP contribution in [0.3, 0.4) is 0 Å². The van der Waals surface area contributed by atoms with Crippen molar-refractivity contribution < 1.29 is 22.7 Å². The van der Waals surface area contributed by atoms with Crippen molar-refractivity contribution in [2.75, 3.05) is 40.5 Å². The minimum absolute atomic E-state index is 0. The van der Waals surface area contributed by atoms with Crippen LogP contribution in [0.4, 0.5) is 0 Å². The number of carbonyl (C=O) groups is 1. The Bertz CT molecular complexity index is 845. The molecule has 0 aliphatic heterocycles. The Kier molecular flexibility index (Phi) is 8.89. The van der Waals surface area contributed by atoms with Gasteiger partial charge in [-0.1, -0.05) is 12.1 Å². The Hall–Kier alpha value is -1.78. The van der Waals surface area contributed by atoms with Crippen molar-refractivity contribution in [2.45, 2.75) is 4.90 Å². The maximum absolute atomic E-state index is 12.6. The Balaban J connectivity index is 0.00000338. The van der Waals surface area contributed by atoms with E-state index in [0.29, 0.717) is 30.5 Å². The number of fused-ring (bicyclic) bond motifs is 1. The molecule has 0 amide bonds. The van der Waals surface area contributed by atoms with E-state index >= 15 is 0 Å². The van der Waals surface area contributed by atoms with E-state index in [1.807, 2.05) is 0 Å². The van der Waals surface area contributed by atoms with Crippen molar-refractivity contribution in [2.24, 2.45) is 0 Å². The average molecular weight is 404 g/mol. The Morgan fingerprint density at radius 3 is 2.58 bits per heavy atom. The second kappa shape index (κ2) is 10.4. The van der Waals surface area contributed by atoms with Crippen LogP contribution in [0.1, 0.15) is 10.5 Å². The second-order valence-electron chi connectivity index (χ2n) is 5.14. The van der Waals surface area contributed by atoms with Gasteiger partial charge in [0.2, 0.25) is 10.0 Å². The fraction of sp³-hybridized carbons (Fsp3) is 0.375. The summed E-state index contributed by atoms with van der Waals surface area (Å²) in [4.78, 5) is 15.9. The smallest absolute Gasteiger partial charge is 0.357 e. The molecule has 2 aromatic rings. The van der Waals surface area contributed by atoms with Crippen LogP contribution in [-0.4, -0.2) is 59.8 Å². The first-order chi connectivity index (χ1) is 12.0. The molecule has 0 saturated heterocycles. The number of ether oxygens (including phenoxy) is 2. The summed E-state index contributed by atoms with van der Waals surface area (Å²) in [5.41, 5.74) is 0.0817. The lowest BCUT2D eigenvalue weighted by Gasteiger charge is -2.11. The second-order valence-corrected chi connectivity index (χ2v) is 6.88. The summed E-state index contributed by atoms with van der Waals surface area (Å²) in [7, 11) is -0.879. The zero-order chi connectivity index (χ0) is 18.3. The molecule has 2 N–H and O–H groups in total. The van der Waals surface area contributed by atoms with Crippen molar-refractivity contribution in [1.29, 1.82) is 0 Å². The number of benzene rings is 1. The van der Waals surface area contributed by atoms with Gasteiger partial charge < -0.3 is 14.8 Å². The molecular weight excluding hydrogens is 382 g/mol. The predicted molar refractivity (Wildman–Crippen MR) is 100 cm³/mol. The van der Waals surface area contributed by atoms with Crippen LogP contribution in [0.5, 0.6) is 0 Å². The normalized spacial score (nSPS) is 11.2. The quantitative estimate of drug-likeness (QED) is 0.474. The van der Waals surface area contributed by atoms with Crippen LogP contribution in [-0.2, 0) is 19.5 Å². The molecule has 0 fully saturated rings. The summed E-state index contributed by atoms with van der Waals surface area (Å²) in [5.74, 6) is -0.615. The van der Waals surface area contributed by atoms with Gasteiger partial charge in [-0.2, -0.15) is 0 Å². The number of rotatable bonds is 9. The molecule has 0 aliphatic carbocycles. The number of esters is 1. The van der Waals surface area contributed by atoms with Crippen LogP contribution in [0.15, 0.2) is 35.4 Å². The molecule has 0 unspecified atom stereocenters. The van der Waals surface area contributed by atoms with Crippen LogP contribution in [0.2, 0.25) is 0 Å². The summed E-state index contributed by atoms with van der Waals surface area (Å²) in [6.45, 7) is 1.90. The highest BCUT2D eigenvalue weighted by atomic mass is 35.5. The van der Waals surface area contributed by atoms with E-state index in [9.17, 15) is 13.2 Å². The number of hydrogen-bond acceptors (Lipinski definition) is 7. The first kappa shape index (κ1) is 22.3. The van der Waals surface area contributed by atoms with Crippen molar-refractivity contribution in [3.05, 3.63) is 36.2 Å². The molecule has 1 aromatic heterocycles. The molecule has 144 valence electrons. The molecule has 0 spiro atoms. The third-order valence-corrected chi connectivity index (χ3v) is 5.03. The van der Waals surface area contributed by atoms with Crippen LogP contribution < -0.4 is 10.0 Å². The molecular formula is C16H22ClN3O5S. The van der Waals surface area contributed by atoms with Crippen LogP contribution in [0, 0.1) is 0 Å². The van der Waals surface area contributed by atoms with E-state index in [-0.39, 0.29) is 29.5 Å². The average Bonchev–Trinajstić information content (AvgIpc) is 2.62. The van der Waals surface area contributed by atoms with E-state index in [1.54, 1.807) is 25.3 Å².